The number of ether oxygens (including phenoxy) is 1. The molecule has 2 amide bonds. The number of amides is 2. The van der Waals surface area contributed by atoms with Crippen LogP contribution in [0.1, 0.15) is 35.7 Å². The number of rotatable bonds is 6. The summed E-state index contributed by atoms with van der Waals surface area (Å²) in [6.07, 6.45) is -1.04. The van der Waals surface area contributed by atoms with Crippen molar-refractivity contribution < 1.29 is 22.7 Å². The smallest absolute Gasteiger partial charge is 0.433 e. The van der Waals surface area contributed by atoms with Crippen molar-refractivity contribution in [3.05, 3.63) is 91.9 Å². The molecule has 52 heavy (non-hydrogen) atoms. The number of nitrogens with zero attached hydrogens (tertiary/aromatic N) is 5. The van der Waals surface area contributed by atoms with Crippen molar-refractivity contribution in [2.24, 2.45) is 7.05 Å². The largest absolute Gasteiger partial charge is 0.481 e. The van der Waals surface area contributed by atoms with Gasteiger partial charge in [0.15, 0.2) is 0 Å². The summed E-state index contributed by atoms with van der Waals surface area (Å²) in [7, 11) is 2.99. The predicted molar refractivity (Wildman–Crippen MR) is 191 cm³/mol. The van der Waals surface area contributed by atoms with Crippen LogP contribution in [0.4, 0.5) is 29.5 Å². The Bertz CT molecular complexity index is 2350. The third-order valence-corrected chi connectivity index (χ3v) is 11.0. The van der Waals surface area contributed by atoms with Gasteiger partial charge in [0.2, 0.25) is 5.88 Å². The van der Waals surface area contributed by atoms with Gasteiger partial charge < -0.3 is 20.7 Å². The van der Waals surface area contributed by atoms with Crippen LogP contribution in [0.15, 0.2) is 59.5 Å². The second kappa shape index (κ2) is 12.6. The lowest BCUT2D eigenvalue weighted by Crippen LogP contribution is -2.46. The molecule has 2 aliphatic heterocycles. The zero-order valence-corrected chi connectivity index (χ0v) is 29.4. The number of anilines is 2. The summed E-state index contributed by atoms with van der Waals surface area (Å²) in [5, 5.41) is 13.2. The molecule has 16 heteroatoms. The van der Waals surface area contributed by atoms with Crippen LogP contribution in [0.3, 0.4) is 0 Å². The Kier molecular flexibility index (Phi) is 8.31. The van der Waals surface area contributed by atoms with E-state index in [9.17, 15) is 22.8 Å². The minimum Gasteiger partial charge on any atom is -0.481 e. The van der Waals surface area contributed by atoms with E-state index in [0.717, 1.165) is 54.2 Å². The normalized spacial score (nSPS) is 20.0. The second-order valence-electron chi connectivity index (χ2n) is 13.3. The molecule has 0 radical (unpaired) electrons. The van der Waals surface area contributed by atoms with E-state index in [2.05, 4.69) is 30.9 Å². The lowest BCUT2D eigenvalue weighted by molar-refractivity contribution is -0.141. The van der Waals surface area contributed by atoms with Crippen LogP contribution < -0.4 is 26.2 Å². The number of halogens is 5. The first-order valence-electron chi connectivity index (χ1n) is 16.5. The quantitative estimate of drug-likeness (QED) is 0.172. The number of carbonyl (C=O) groups excluding carboxylic acids is 1. The SMILES string of the molecule is COc1nc(-c2cccc(-c3cccc(Nc4nc(C(F)(F)F)cc5cnn(C)c(=O)c45)c3Cl)c2Cl)cc2c1C(N1CCC3(CNC(=O)N3)C1)CC2. The zero-order chi connectivity index (χ0) is 36.5. The summed E-state index contributed by atoms with van der Waals surface area (Å²) in [6, 6.07) is 13.2. The van der Waals surface area contributed by atoms with E-state index in [1.807, 2.05) is 18.2 Å². The van der Waals surface area contributed by atoms with Crippen LogP contribution in [0.2, 0.25) is 10.0 Å². The number of urea groups is 1. The molecular formula is C36H31Cl2F3N8O3. The molecule has 2 fully saturated rings. The Balaban J connectivity index is 1.14. The van der Waals surface area contributed by atoms with Gasteiger partial charge in [-0.05, 0) is 43.0 Å². The van der Waals surface area contributed by atoms with Crippen LogP contribution >= 0.6 is 23.2 Å². The minimum atomic E-state index is -4.77. The first kappa shape index (κ1) is 34.2. The van der Waals surface area contributed by atoms with E-state index < -0.39 is 17.4 Å². The molecule has 3 aromatic heterocycles. The highest BCUT2D eigenvalue weighted by atomic mass is 35.5. The molecule has 2 saturated heterocycles. The Morgan fingerprint density at radius 2 is 1.79 bits per heavy atom. The molecule has 0 saturated carbocycles. The van der Waals surface area contributed by atoms with Crippen molar-refractivity contribution in [1.82, 2.24) is 35.3 Å². The van der Waals surface area contributed by atoms with Crippen molar-refractivity contribution in [1.29, 1.82) is 0 Å². The van der Waals surface area contributed by atoms with Gasteiger partial charge in [0.05, 0.1) is 45.7 Å². The molecule has 2 atom stereocenters. The molecular weight excluding hydrogens is 720 g/mol. The number of carbonyl (C=O) groups is 1. The van der Waals surface area contributed by atoms with Crippen LogP contribution in [0.25, 0.3) is 33.2 Å². The number of fused-ring (bicyclic) bond motifs is 2. The Morgan fingerprint density at radius 3 is 2.52 bits per heavy atom. The maximum atomic E-state index is 13.8. The van der Waals surface area contributed by atoms with E-state index in [4.69, 9.17) is 32.9 Å². The van der Waals surface area contributed by atoms with E-state index in [-0.39, 0.29) is 44.9 Å². The summed E-state index contributed by atoms with van der Waals surface area (Å²) in [6.45, 7) is 2.18. The number of hydrogen-bond donors (Lipinski definition) is 3. The van der Waals surface area contributed by atoms with E-state index in [1.165, 1.54) is 13.2 Å². The number of pyridine rings is 2. The minimum absolute atomic E-state index is 0.0245. The van der Waals surface area contributed by atoms with Gasteiger partial charge in [0.1, 0.15) is 11.5 Å². The van der Waals surface area contributed by atoms with Crippen LogP contribution in [0.5, 0.6) is 5.88 Å². The van der Waals surface area contributed by atoms with Gasteiger partial charge in [-0.3, -0.25) is 9.69 Å². The molecule has 268 valence electrons. The number of benzene rings is 2. The van der Waals surface area contributed by atoms with E-state index in [0.29, 0.717) is 39.8 Å². The standard InChI is InChI=1S/C36H31Cl2F3N8O3/c1-48-33(50)28-19(15-43-48)14-26(36(39,40)41)46-31(28)44-23-8-4-6-21(30(23)38)20-5-3-7-22(29(20)37)24-13-18-9-10-25(27(18)32(45-24)52-2)49-12-11-35(17-49)16-42-34(51)47-35/h3-8,13-15,25H,9-12,16-17H2,1-2H3,(H,44,46)(H2,42,47,51). The summed E-state index contributed by atoms with van der Waals surface area (Å²) in [5.74, 6) is 0.200. The molecule has 8 rings (SSSR count). The predicted octanol–water partition coefficient (Wildman–Crippen LogP) is 6.88. The van der Waals surface area contributed by atoms with E-state index in [1.54, 1.807) is 31.4 Å². The molecule has 1 spiro atoms. The fourth-order valence-electron chi connectivity index (χ4n) is 7.63. The van der Waals surface area contributed by atoms with Crippen LogP contribution in [-0.4, -0.2) is 63.0 Å². The van der Waals surface area contributed by atoms with Gasteiger partial charge in [-0.25, -0.2) is 19.4 Å². The Morgan fingerprint density at radius 1 is 1.04 bits per heavy atom. The molecule has 1 aliphatic carbocycles. The van der Waals surface area contributed by atoms with Gasteiger partial charge in [0.25, 0.3) is 5.56 Å². The fourth-order valence-corrected chi connectivity index (χ4v) is 8.23. The van der Waals surface area contributed by atoms with Gasteiger partial charge in [-0.15, -0.1) is 0 Å². The van der Waals surface area contributed by atoms with E-state index >= 15 is 0 Å². The number of alkyl halides is 3. The highest BCUT2D eigenvalue weighted by Gasteiger charge is 2.47. The van der Waals surface area contributed by atoms with Crippen LogP contribution in [-0.2, 0) is 19.6 Å². The highest BCUT2D eigenvalue weighted by molar-refractivity contribution is 6.39. The number of likely N-dealkylation sites (tertiary alicyclic amines) is 1. The third-order valence-electron chi connectivity index (χ3n) is 10.1. The monoisotopic (exact) mass is 750 g/mol. The molecule has 5 heterocycles. The Labute approximate surface area is 305 Å². The summed E-state index contributed by atoms with van der Waals surface area (Å²) in [5.41, 5.74) is 2.58. The summed E-state index contributed by atoms with van der Waals surface area (Å²) >= 11 is 14.0. The fraction of sp³-hybridized carbons (Fsp3) is 0.306. The lowest BCUT2D eigenvalue weighted by Gasteiger charge is -2.28. The topological polar surface area (TPSA) is 126 Å². The highest BCUT2D eigenvalue weighted by Crippen LogP contribution is 2.47. The maximum absolute atomic E-state index is 13.8. The number of methoxy groups -OCH3 is 1. The molecule has 2 unspecified atom stereocenters. The van der Waals surface area contributed by atoms with Gasteiger partial charge >= 0.3 is 12.2 Å². The number of nitrogens with one attached hydrogen (secondary N) is 3. The van der Waals surface area contributed by atoms with Crippen molar-refractivity contribution in [2.45, 2.75) is 37.0 Å². The van der Waals surface area contributed by atoms with Crippen molar-refractivity contribution in [3.8, 4) is 28.3 Å². The molecule has 3 aliphatic rings. The molecule has 2 aromatic carbocycles. The third kappa shape index (κ3) is 5.78. The van der Waals surface area contributed by atoms with Crippen LogP contribution in [0, 0.1) is 0 Å². The second-order valence-corrected chi connectivity index (χ2v) is 14.1. The maximum Gasteiger partial charge on any atom is 0.433 e. The lowest BCUT2D eigenvalue weighted by atomic mass is 9.99. The van der Waals surface area contributed by atoms with Crippen molar-refractivity contribution >= 4 is 51.5 Å². The van der Waals surface area contributed by atoms with Crippen molar-refractivity contribution in [3.63, 3.8) is 0 Å². The summed E-state index contributed by atoms with van der Waals surface area (Å²) in [4.78, 5) is 36.0. The average molecular weight is 752 g/mol. The van der Waals surface area contributed by atoms with Gasteiger partial charge in [-0.1, -0.05) is 53.5 Å². The van der Waals surface area contributed by atoms with Gasteiger partial charge in [-0.2, -0.15) is 18.3 Å². The number of aromatic nitrogens is 4. The summed E-state index contributed by atoms with van der Waals surface area (Å²) < 4.78 is 48.3. The molecule has 5 aromatic rings. The first-order valence-corrected chi connectivity index (χ1v) is 17.3. The van der Waals surface area contributed by atoms with Gasteiger partial charge in [0, 0.05) is 60.4 Å². The molecule has 0 bridgehead atoms. The first-order chi connectivity index (χ1) is 24.9. The van der Waals surface area contributed by atoms with Crippen molar-refractivity contribution in [2.75, 3.05) is 32.1 Å². The Hall–Kier alpha value is -4.92. The zero-order valence-electron chi connectivity index (χ0n) is 27.9. The average Bonchev–Trinajstić information content (AvgIpc) is 3.84. The molecule has 11 nitrogen and oxygen atoms in total. The number of hydrogen-bond acceptors (Lipinski definition) is 8. The number of aryl methyl sites for hydroxylation is 2. The molecule has 3 N–H and O–H groups in total.